The zero-order valence-corrected chi connectivity index (χ0v) is 14.1. The average Bonchev–Trinajstić information content (AvgIpc) is 3.28. The Morgan fingerprint density at radius 3 is 2.24 bits per heavy atom. The second kappa shape index (κ2) is 9.94. The molecule has 0 spiro atoms. The molecule has 0 fully saturated rings. The minimum Gasteiger partial charge on any atom is -0.507 e. The Labute approximate surface area is 155 Å². The molecule has 0 saturated heterocycles. The summed E-state index contributed by atoms with van der Waals surface area (Å²) in [5.74, 6) is 2.93. The summed E-state index contributed by atoms with van der Waals surface area (Å²) in [5, 5.41) is 18.4. The van der Waals surface area contributed by atoms with E-state index in [1.54, 1.807) is 24.3 Å². The number of aromatic carboxylic acids is 1. The van der Waals surface area contributed by atoms with Crippen LogP contribution in [0.5, 0.6) is 5.75 Å². The second-order valence-electron chi connectivity index (χ2n) is 4.75. The predicted octanol–water partition coefficient (Wildman–Crippen LogP) is 3.45. The first-order valence-electron chi connectivity index (χ1n) is 7.09. The number of hydrogen-bond donors (Lipinski definition) is 2. The maximum absolute atomic E-state index is 11.8. The number of carboxylic acid groups (broad SMARTS) is 1. The van der Waals surface area contributed by atoms with Gasteiger partial charge in [-0.2, -0.15) is 42.3 Å². The van der Waals surface area contributed by atoms with Crippen LogP contribution >= 0.6 is 0 Å². The monoisotopic (exact) mass is 374 g/mol. The van der Waals surface area contributed by atoms with Crippen LogP contribution in [0.15, 0.2) is 72.8 Å². The number of carbonyl (C=O) groups excluding carboxylic acids is 1. The maximum Gasteiger partial charge on any atom is 2.00 e. The molecule has 3 aromatic rings. The molecule has 126 valence electrons. The van der Waals surface area contributed by atoms with Gasteiger partial charge in [0.15, 0.2) is 0 Å². The summed E-state index contributed by atoms with van der Waals surface area (Å²) in [6.45, 7) is 0. The van der Waals surface area contributed by atoms with E-state index < -0.39 is 11.8 Å². The predicted molar refractivity (Wildman–Crippen MR) is 90.3 cm³/mol. The molecule has 2 N–H and O–H groups in total. The van der Waals surface area contributed by atoms with Gasteiger partial charge in [-0.05, 0) is 18.2 Å². The van der Waals surface area contributed by atoms with Gasteiger partial charge in [0, 0.05) is 0 Å². The third-order valence-corrected chi connectivity index (χ3v) is 3.03. The van der Waals surface area contributed by atoms with Crippen molar-refractivity contribution in [3.8, 4) is 17.6 Å². The molecule has 0 atom stereocenters. The van der Waals surface area contributed by atoms with Crippen LogP contribution in [0.4, 0.5) is 0 Å². The summed E-state index contributed by atoms with van der Waals surface area (Å²) in [7, 11) is 0. The van der Waals surface area contributed by atoms with Crippen molar-refractivity contribution in [3.63, 3.8) is 0 Å². The summed E-state index contributed by atoms with van der Waals surface area (Å²) in [6, 6.07) is 20.6. The molecule has 0 heterocycles. The number of benzene rings is 1. The third-order valence-electron chi connectivity index (χ3n) is 3.03. The zero-order chi connectivity index (χ0) is 17.4. The third kappa shape index (κ3) is 6.15. The van der Waals surface area contributed by atoms with Crippen molar-refractivity contribution < 1.29 is 36.9 Å². The average molecular weight is 374 g/mol. The van der Waals surface area contributed by atoms with Crippen molar-refractivity contribution >= 4 is 11.8 Å². The van der Waals surface area contributed by atoms with Crippen LogP contribution in [-0.2, 0) is 17.1 Å². The number of aromatic hydroxyl groups is 1. The summed E-state index contributed by atoms with van der Waals surface area (Å²) in [4.78, 5) is 22.6. The number of carbonyl (C=O) groups is 2. The summed E-state index contributed by atoms with van der Waals surface area (Å²) in [5.41, 5.74) is 0.498. The van der Waals surface area contributed by atoms with Crippen LogP contribution in [0, 0.1) is 11.8 Å². The van der Waals surface area contributed by atoms with Gasteiger partial charge in [0.1, 0.15) is 5.75 Å². The van der Waals surface area contributed by atoms with Gasteiger partial charge in [0.25, 0.3) is 0 Å². The number of carboxylic acids is 1. The van der Waals surface area contributed by atoms with Gasteiger partial charge in [0.05, 0.1) is 11.1 Å². The topological polar surface area (TPSA) is 74.6 Å². The van der Waals surface area contributed by atoms with E-state index in [2.05, 4.69) is 11.8 Å². The SMILES string of the molecule is O=C(O)c1ccc(O)c(C(=O)C#Cc2ccc[cH-]2)c1.[Fe+2].c1cc[cH-]c1. The second-order valence-corrected chi connectivity index (χ2v) is 4.75. The van der Waals surface area contributed by atoms with Gasteiger partial charge in [-0.25, -0.2) is 16.9 Å². The van der Waals surface area contributed by atoms with E-state index in [0.717, 1.165) is 6.07 Å². The molecule has 0 aliphatic heterocycles. The summed E-state index contributed by atoms with van der Waals surface area (Å²) >= 11 is 0. The largest absolute Gasteiger partial charge is 2.00 e. The molecule has 25 heavy (non-hydrogen) atoms. The van der Waals surface area contributed by atoms with E-state index in [0.29, 0.717) is 5.56 Å². The molecule has 0 aliphatic rings. The van der Waals surface area contributed by atoms with Gasteiger partial charge in [-0.3, -0.25) is 4.79 Å². The van der Waals surface area contributed by atoms with Crippen LogP contribution in [0.2, 0.25) is 0 Å². The molecule has 0 radical (unpaired) electrons. The molecular weight excluding hydrogens is 360 g/mol. The minimum atomic E-state index is -1.17. The normalized spacial score (nSPS) is 8.80. The molecule has 3 aromatic carbocycles. The molecule has 0 aromatic heterocycles. The Morgan fingerprint density at radius 2 is 1.72 bits per heavy atom. The van der Waals surface area contributed by atoms with E-state index >= 15 is 0 Å². The molecule has 4 nitrogen and oxygen atoms in total. The Balaban J connectivity index is 0.000000448. The number of ketones is 1. The standard InChI is InChI=1S/C15H9O4.C5H5.Fe/c16-13(7-5-10-3-1-2-4-10)12-9-11(15(18)19)6-8-14(12)17;1-2-4-5-3-1;/h1-4,6,8-9,17H,(H,18,19);1-5H;/q2*-1;+2. The fraction of sp³-hybridized carbons (Fsp3) is 0. The fourth-order valence-corrected chi connectivity index (χ4v) is 1.83. The number of phenolic OH excluding ortho intramolecular Hbond substituents is 1. The van der Waals surface area contributed by atoms with E-state index in [1.165, 1.54) is 12.1 Å². The number of hydrogen-bond acceptors (Lipinski definition) is 3. The molecule has 0 aliphatic carbocycles. The van der Waals surface area contributed by atoms with Crippen molar-refractivity contribution in [3.05, 3.63) is 89.5 Å². The van der Waals surface area contributed by atoms with Crippen LogP contribution in [-0.4, -0.2) is 22.0 Å². The Morgan fingerprint density at radius 1 is 1.00 bits per heavy atom. The quantitative estimate of drug-likeness (QED) is 0.312. The van der Waals surface area contributed by atoms with Crippen molar-refractivity contribution in [1.29, 1.82) is 0 Å². The molecule has 5 heteroatoms. The van der Waals surface area contributed by atoms with Crippen molar-refractivity contribution in [2.24, 2.45) is 0 Å². The number of rotatable bonds is 2. The molecular formula is C20H14FeO4. The smallest absolute Gasteiger partial charge is 0.507 e. The van der Waals surface area contributed by atoms with Crippen molar-refractivity contribution in [2.45, 2.75) is 0 Å². The van der Waals surface area contributed by atoms with Gasteiger partial charge in [0.2, 0.25) is 5.78 Å². The van der Waals surface area contributed by atoms with Gasteiger partial charge >= 0.3 is 23.0 Å². The maximum atomic E-state index is 11.8. The van der Waals surface area contributed by atoms with Gasteiger partial charge in [-0.15, -0.1) is 11.6 Å². The van der Waals surface area contributed by atoms with E-state index in [4.69, 9.17) is 5.11 Å². The van der Waals surface area contributed by atoms with Crippen LogP contribution in [0.3, 0.4) is 0 Å². The van der Waals surface area contributed by atoms with Gasteiger partial charge < -0.3 is 10.2 Å². The number of Topliss-reactive ketones (excluding diaryl/α,β-unsaturated/α-hetero) is 1. The first kappa shape index (κ1) is 20.0. The number of phenols is 1. The molecule has 0 amide bonds. The summed E-state index contributed by atoms with van der Waals surface area (Å²) < 4.78 is 0. The van der Waals surface area contributed by atoms with E-state index in [-0.39, 0.29) is 33.9 Å². The first-order valence-corrected chi connectivity index (χ1v) is 7.09. The van der Waals surface area contributed by atoms with Crippen molar-refractivity contribution in [2.75, 3.05) is 0 Å². The zero-order valence-electron chi connectivity index (χ0n) is 13.0. The molecule has 3 rings (SSSR count). The molecule has 0 bridgehead atoms. The van der Waals surface area contributed by atoms with Crippen LogP contribution < -0.4 is 0 Å². The van der Waals surface area contributed by atoms with Crippen LogP contribution in [0.1, 0.15) is 26.3 Å². The summed E-state index contributed by atoms with van der Waals surface area (Å²) in [6.07, 6.45) is 0. The van der Waals surface area contributed by atoms with Crippen molar-refractivity contribution in [1.82, 2.24) is 0 Å². The van der Waals surface area contributed by atoms with E-state index in [1.807, 2.05) is 30.3 Å². The van der Waals surface area contributed by atoms with Gasteiger partial charge in [-0.1, -0.05) is 5.92 Å². The minimum absolute atomic E-state index is 0. The Bertz CT molecular complexity index is 849. The fourth-order valence-electron chi connectivity index (χ4n) is 1.83. The van der Waals surface area contributed by atoms with Crippen LogP contribution in [0.25, 0.3) is 0 Å². The molecule has 0 unspecified atom stereocenters. The Kier molecular flexibility index (Phi) is 7.95. The molecule has 0 saturated carbocycles. The Hall–Kier alpha value is -3.06. The van der Waals surface area contributed by atoms with E-state index in [9.17, 15) is 14.7 Å². The first-order chi connectivity index (χ1) is 11.6.